The van der Waals surface area contributed by atoms with E-state index in [1.54, 1.807) is 19.4 Å². The number of ether oxygens (including phenoxy) is 1. The molecular formula is C12H17NO2. The van der Waals surface area contributed by atoms with Crippen molar-refractivity contribution in [2.45, 2.75) is 20.3 Å². The standard InChI is InChI=1S/C12H17NO2/c1-4-9-6-10(15-3)7-12(14)11(9)8-13-5-2/h6-8,14H,4-5H2,1-3H3. The highest BCUT2D eigenvalue weighted by molar-refractivity contribution is 5.86. The topological polar surface area (TPSA) is 41.8 Å². The maximum atomic E-state index is 9.79. The molecule has 0 fully saturated rings. The zero-order valence-corrected chi connectivity index (χ0v) is 9.45. The van der Waals surface area contributed by atoms with Crippen LogP contribution in [-0.4, -0.2) is 25.0 Å². The number of phenols is 1. The molecule has 1 aromatic rings. The zero-order valence-electron chi connectivity index (χ0n) is 9.45. The summed E-state index contributed by atoms with van der Waals surface area (Å²) in [5, 5.41) is 9.79. The quantitative estimate of drug-likeness (QED) is 0.770. The van der Waals surface area contributed by atoms with Crippen molar-refractivity contribution in [3.05, 3.63) is 23.3 Å². The van der Waals surface area contributed by atoms with Crippen LogP contribution in [0.4, 0.5) is 0 Å². The van der Waals surface area contributed by atoms with Crippen molar-refractivity contribution >= 4 is 6.21 Å². The Hall–Kier alpha value is -1.51. The van der Waals surface area contributed by atoms with Crippen molar-refractivity contribution in [3.8, 4) is 11.5 Å². The van der Waals surface area contributed by atoms with E-state index in [0.29, 0.717) is 12.3 Å². The molecule has 3 nitrogen and oxygen atoms in total. The summed E-state index contributed by atoms with van der Waals surface area (Å²) in [5.41, 5.74) is 1.84. The van der Waals surface area contributed by atoms with Gasteiger partial charge in [-0.25, -0.2) is 0 Å². The monoisotopic (exact) mass is 207 g/mol. The third-order valence-electron chi connectivity index (χ3n) is 2.24. The lowest BCUT2D eigenvalue weighted by atomic mass is 10.0. The fourth-order valence-electron chi connectivity index (χ4n) is 1.41. The molecule has 0 aliphatic heterocycles. The molecule has 0 atom stereocenters. The molecule has 0 heterocycles. The van der Waals surface area contributed by atoms with Gasteiger partial charge in [-0.05, 0) is 25.0 Å². The van der Waals surface area contributed by atoms with Crippen molar-refractivity contribution in [2.75, 3.05) is 13.7 Å². The molecule has 0 saturated heterocycles. The summed E-state index contributed by atoms with van der Waals surface area (Å²) in [7, 11) is 1.59. The Morgan fingerprint density at radius 2 is 2.13 bits per heavy atom. The molecule has 0 bridgehead atoms. The van der Waals surface area contributed by atoms with Crippen LogP contribution in [-0.2, 0) is 6.42 Å². The Morgan fingerprint density at radius 3 is 2.67 bits per heavy atom. The highest BCUT2D eigenvalue weighted by atomic mass is 16.5. The lowest BCUT2D eigenvalue weighted by Crippen LogP contribution is -1.95. The number of rotatable bonds is 4. The second-order valence-corrected chi connectivity index (χ2v) is 3.20. The molecule has 0 amide bonds. The summed E-state index contributed by atoms with van der Waals surface area (Å²) in [4.78, 5) is 4.14. The van der Waals surface area contributed by atoms with Crippen LogP contribution >= 0.6 is 0 Å². The lowest BCUT2D eigenvalue weighted by molar-refractivity contribution is 0.407. The minimum Gasteiger partial charge on any atom is -0.507 e. The number of hydrogen-bond acceptors (Lipinski definition) is 3. The molecule has 0 unspecified atom stereocenters. The van der Waals surface area contributed by atoms with Crippen molar-refractivity contribution in [1.29, 1.82) is 0 Å². The van der Waals surface area contributed by atoms with Gasteiger partial charge in [-0.2, -0.15) is 0 Å². The Balaban J connectivity index is 3.18. The summed E-state index contributed by atoms with van der Waals surface area (Å²) in [6.45, 7) is 4.72. The first-order valence-corrected chi connectivity index (χ1v) is 5.12. The van der Waals surface area contributed by atoms with Gasteiger partial charge in [-0.15, -0.1) is 0 Å². The maximum Gasteiger partial charge on any atom is 0.128 e. The number of nitrogens with zero attached hydrogens (tertiary/aromatic N) is 1. The average molecular weight is 207 g/mol. The van der Waals surface area contributed by atoms with Crippen LogP contribution < -0.4 is 4.74 Å². The Labute approximate surface area is 90.4 Å². The highest BCUT2D eigenvalue weighted by Crippen LogP contribution is 2.26. The van der Waals surface area contributed by atoms with Gasteiger partial charge in [0.25, 0.3) is 0 Å². The second kappa shape index (κ2) is 5.39. The summed E-state index contributed by atoms with van der Waals surface area (Å²) < 4.78 is 5.09. The number of aromatic hydroxyl groups is 1. The molecule has 3 heteroatoms. The number of hydrogen-bond donors (Lipinski definition) is 1. The third kappa shape index (κ3) is 2.72. The lowest BCUT2D eigenvalue weighted by Gasteiger charge is -2.08. The Morgan fingerprint density at radius 1 is 1.40 bits per heavy atom. The first-order valence-electron chi connectivity index (χ1n) is 5.12. The van der Waals surface area contributed by atoms with Crippen molar-refractivity contribution in [1.82, 2.24) is 0 Å². The summed E-state index contributed by atoms with van der Waals surface area (Å²) >= 11 is 0. The normalized spacial score (nSPS) is 10.9. The molecule has 0 spiro atoms. The van der Waals surface area contributed by atoms with E-state index >= 15 is 0 Å². The van der Waals surface area contributed by atoms with Gasteiger partial charge in [0.05, 0.1) is 7.11 Å². The minimum atomic E-state index is 0.225. The van der Waals surface area contributed by atoms with Crippen LogP contribution in [0.5, 0.6) is 11.5 Å². The second-order valence-electron chi connectivity index (χ2n) is 3.20. The van der Waals surface area contributed by atoms with E-state index in [1.807, 2.05) is 19.9 Å². The van der Waals surface area contributed by atoms with E-state index in [9.17, 15) is 5.11 Å². The molecule has 15 heavy (non-hydrogen) atoms. The van der Waals surface area contributed by atoms with Crippen LogP contribution in [0.25, 0.3) is 0 Å². The fraction of sp³-hybridized carbons (Fsp3) is 0.417. The maximum absolute atomic E-state index is 9.79. The minimum absolute atomic E-state index is 0.225. The predicted octanol–water partition coefficient (Wildman–Crippen LogP) is 2.40. The van der Waals surface area contributed by atoms with E-state index in [1.165, 1.54) is 0 Å². The van der Waals surface area contributed by atoms with Crippen LogP contribution in [0.15, 0.2) is 17.1 Å². The summed E-state index contributed by atoms with van der Waals surface area (Å²) in [6.07, 6.45) is 2.56. The van der Waals surface area contributed by atoms with E-state index in [0.717, 1.165) is 17.5 Å². The van der Waals surface area contributed by atoms with E-state index in [2.05, 4.69) is 4.99 Å². The third-order valence-corrected chi connectivity index (χ3v) is 2.24. The van der Waals surface area contributed by atoms with Gasteiger partial charge in [0.1, 0.15) is 11.5 Å². The number of aryl methyl sites for hydroxylation is 1. The van der Waals surface area contributed by atoms with Gasteiger partial charge in [-0.1, -0.05) is 6.92 Å². The van der Waals surface area contributed by atoms with Gasteiger partial charge in [0.15, 0.2) is 0 Å². The van der Waals surface area contributed by atoms with Gasteiger partial charge in [-0.3, -0.25) is 4.99 Å². The molecule has 0 radical (unpaired) electrons. The molecule has 0 saturated carbocycles. The Bertz CT molecular complexity index is 359. The van der Waals surface area contributed by atoms with Gasteiger partial charge in [0, 0.05) is 24.4 Å². The van der Waals surface area contributed by atoms with Crippen LogP contribution in [0.2, 0.25) is 0 Å². The molecule has 0 aliphatic rings. The largest absolute Gasteiger partial charge is 0.507 e. The van der Waals surface area contributed by atoms with E-state index < -0.39 is 0 Å². The van der Waals surface area contributed by atoms with Gasteiger partial charge in [0.2, 0.25) is 0 Å². The van der Waals surface area contributed by atoms with Crippen molar-refractivity contribution in [3.63, 3.8) is 0 Å². The summed E-state index contributed by atoms with van der Waals surface area (Å²) in [6, 6.07) is 3.53. The average Bonchev–Trinajstić information content (AvgIpc) is 2.26. The van der Waals surface area contributed by atoms with Crippen LogP contribution in [0.3, 0.4) is 0 Å². The smallest absolute Gasteiger partial charge is 0.128 e. The number of aliphatic imine (C=N–C) groups is 1. The van der Waals surface area contributed by atoms with Crippen LogP contribution in [0.1, 0.15) is 25.0 Å². The molecule has 0 aliphatic carbocycles. The summed E-state index contributed by atoms with van der Waals surface area (Å²) in [5.74, 6) is 0.904. The predicted molar refractivity (Wildman–Crippen MR) is 62.2 cm³/mol. The highest BCUT2D eigenvalue weighted by Gasteiger charge is 2.07. The first-order chi connectivity index (χ1) is 7.22. The molecule has 1 N–H and O–H groups in total. The van der Waals surface area contributed by atoms with E-state index in [-0.39, 0.29) is 5.75 Å². The first kappa shape index (κ1) is 11.6. The van der Waals surface area contributed by atoms with Gasteiger partial charge >= 0.3 is 0 Å². The zero-order chi connectivity index (χ0) is 11.3. The van der Waals surface area contributed by atoms with Crippen LogP contribution in [0, 0.1) is 0 Å². The SMILES string of the molecule is CCN=Cc1c(O)cc(OC)cc1CC. The van der Waals surface area contributed by atoms with Crippen molar-refractivity contribution in [2.24, 2.45) is 4.99 Å². The van der Waals surface area contributed by atoms with Crippen molar-refractivity contribution < 1.29 is 9.84 Å². The molecule has 1 rings (SSSR count). The molecule has 1 aromatic carbocycles. The number of phenolic OH excluding ortho intramolecular Hbond substituents is 1. The Kier molecular flexibility index (Phi) is 4.16. The molecular weight excluding hydrogens is 190 g/mol. The number of methoxy groups -OCH3 is 1. The number of benzene rings is 1. The van der Waals surface area contributed by atoms with E-state index in [4.69, 9.17) is 4.74 Å². The van der Waals surface area contributed by atoms with Gasteiger partial charge < -0.3 is 9.84 Å². The molecule has 0 aromatic heterocycles. The molecule has 82 valence electrons. The fourth-order valence-corrected chi connectivity index (χ4v) is 1.41.